The summed E-state index contributed by atoms with van der Waals surface area (Å²) in [4.78, 5) is 25.0. The van der Waals surface area contributed by atoms with Crippen molar-refractivity contribution in [3.63, 3.8) is 0 Å². The molecule has 7 nitrogen and oxygen atoms in total. The lowest BCUT2D eigenvalue weighted by molar-refractivity contribution is -0.107. The average Bonchev–Trinajstić information content (AvgIpc) is 2.89. The minimum Gasteiger partial charge on any atom is -0.396 e. The Bertz CT molecular complexity index is 1090. The number of piperidine rings is 1. The lowest BCUT2D eigenvalue weighted by Crippen LogP contribution is -2.34. The van der Waals surface area contributed by atoms with Gasteiger partial charge in [0, 0.05) is 38.6 Å². The van der Waals surface area contributed by atoms with E-state index in [1.54, 1.807) is 23.4 Å². The predicted octanol–water partition coefficient (Wildman–Crippen LogP) is 4.03. The number of aliphatic hydroxyl groups is 1. The van der Waals surface area contributed by atoms with E-state index in [1.165, 1.54) is 12.1 Å². The summed E-state index contributed by atoms with van der Waals surface area (Å²) in [5, 5.41) is 12.6. The summed E-state index contributed by atoms with van der Waals surface area (Å²) < 4.78 is 13.6. The Balaban J connectivity index is 1.53. The Labute approximate surface area is 205 Å². The van der Waals surface area contributed by atoms with Crippen molar-refractivity contribution in [3.8, 4) is 0 Å². The number of anilines is 3. The number of halogens is 1. The molecule has 8 heteroatoms. The zero-order valence-corrected chi connectivity index (χ0v) is 19.8. The number of hydrogen-bond donors (Lipinski definition) is 2. The van der Waals surface area contributed by atoms with Crippen LogP contribution in [0, 0.1) is 11.7 Å². The van der Waals surface area contributed by atoms with Crippen LogP contribution in [0.25, 0.3) is 0 Å². The van der Waals surface area contributed by atoms with Crippen LogP contribution in [0.4, 0.5) is 21.7 Å². The molecule has 4 rings (SSSR count). The van der Waals surface area contributed by atoms with Crippen LogP contribution in [-0.4, -0.2) is 47.7 Å². The number of rotatable bonds is 11. The highest BCUT2D eigenvalue weighted by Gasteiger charge is 2.21. The SMILES string of the molecule is O=CN(Cc1cccnc1)c1ccc(N2CCC(CCO)CC2)nc1NCCc1cccc(F)c1. The molecule has 2 aromatic heterocycles. The van der Waals surface area contributed by atoms with Gasteiger partial charge >= 0.3 is 0 Å². The Kier molecular flexibility index (Phi) is 8.62. The lowest BCUT2D eigenvalue weighted by atomic mass is 9.94. The summed E-state index contributed by atoms with van der Waals surface area (Å²) in [7, 11) is 0. The first-order valence-corrected chi connectivity index (χ1v) is 12.1. The van der Waals surface area contributed by atoms with Gasteiger partial charge in [-0.1, -0.05) is 18.2 Å². The molecule has 1 fully saturated rings. The van der Waals surface area contributed by atoms with Crippen LogP contribution in [0.15, 0.2) is 60.9 Å². The Morgan fingerprint density at radius 2 is 1.97 bits per heavy atom. The molecule has 0 aliphatic carbocycles. The standard InChI is InChI=1S/C27H32FN5O2/c28-24-5-1-3-22(17-24)8-13-30-27-25(33(20-35)19-23-4-2-12-29-18-23)6-7-26(31-27)32-14-9-21(10-15-32)11-16-34/h1-7,12,17-18,20-21,34H,8-11,13-16,19H2,(H,30,31). The van der Waals surface area contributed by atoms with Gasteiger partial charge in [-0.15, -0.1) is 0 Å². The van der Waals surface area contributed by atoms with E-state index in [-0.39, 0.29) is 12.4 Å². The summed E-state index contributed by atoms with van der Waals surface area (Å²) in [5.74, 6) is 1.77. The van der Waals surface area contributed by atoms with Crippen molar-refractivity contribution in [3.05, 3.63) is 77.9 Å². The van der Waals surface area contributed by atoms with Crippen LogP contribution in [0.5, 0.6) is 0 Å². The van der Waals surface area contributed by atoms with Crippen LogP contribution in [-0.2, 0) is 17.8 Å². The van der Waals surface area contributed by atoms with Gasteiger partial charge in [-0.05, 0) is 73.1 Å². The van der Waals surface area contributed by atoms with Crippen molar-refractivity contribution in [1.82, 2.24) is 9.97 Å². The molecule has 0 radical (unpaired) electrons. The highest BCUT2D eigenvalue weighted by molar-refractivity contribution is 5.82. The van der Waals surface area contributed by atoms with E-state index in [0.717, 1.165) is 55.7 Å². The summed E-state index contributed by atoms with van der Waals surface area (Å²) in [6.45, 7) is 2.92. The Morgan fingerprint density at radius 3 is 2.69 bits per heavy atom. The summed E-state index contributed by atoms with van der Waals surface area (Å²) in [6.07, 6.45) is 7.76. The van der Waals surface area contributed by atoms with E-state index >= 15 is 0 Å². The number of benzene rings is 1. The molecule has 0 saturated carbocycles. The number of carbonyl (C=O) groups excluding carboxylic acids is 1. The van der Waals surface area contributed by atoms with E-state index in [1.807, 2.05) is 30.3 Å². The second-order valence-electron chi connectivity index (χ2n) is 8.88. The number of amides is 1. The van der Waals surface area contributed by atoms with E-state index < -0.39 is 0 Å². The molecule has 3 heterocycles. The third-order valence-corrected chi connectivity index (χ3v) is 6.44. The minimum atomic E-state index is -0.253. The van der Waals surface area contributed by atoms with Crippen LogP contribution < -0.4 is 15.1 Å². The normalized spacial score (nSPS) is 14.1. The monoisotopic (exact) mass is 477 g/mol. The smallest absolute Gasteiger partial charge is 0.214 e. The topological polar surface area (TPSA) is 81.6 Å². The molecule has 35 heavy (non-hydrogen) atoms. The molecule has 0 atom stereocenters. The summed E-state index contributed by atoms with van der Waals surface area (Å²) >= 11 is 0. The van der Waals surface area contributed by atoms with Crippen molar-refractivity contribution in [2.75, 3.05) is 41.4 Å². The fourth-order valence-corrected chi connectivity index (χ4v) is 4.50. The third kappa shape index (κ3) is 6.76. The molecule has 1 aliphatic heterocycles. The molecule has 0 spiro atoms. The molecule has 1 aliphatic rings. The van der Waals surface area contributed by atoms with Gasteiger partial charge in [0.15, 0.2) is 5.82 Å². The van der Waals surface area contributed by atoms with E-state index in [9.17, 15) is 14.3 Å². The highest BCUT2D eigenvalue weighted by Crippen LogP contribution is 2.30. The zero-order chi connectivity index (χ0) is 24.5. The first-order valence-electron chi connectivity index (χ1n) is 12.1. The molecule has 3 aromatic rings. The largest absolute Gasteiger partial charge is 0.396 e. The minimum absolute atomic E-state index is 0.232. The van der Waals surface area contributed by atoms with Crippen molar-refractivity contribution in [2.24, 2.45) is 5.92 Å². The van der Waals surface area contributed by atoms with Crippen LogP contribution in [0.2, 0.25) is 0 Å². The van der Waals surface area contributed by atoms with Gasteiger partial charge in [0.05, 0.1) is 12.2 Å². The number of carbonyl (C=O) groups is 1. The Morgan fingerprint density at radius 1 is 1.14 bits per heavy atom. The molecular weight excluding hydrogens is 445 g/mol. The second kappa shape index (κ2) is 12.3. The number of hydrogen-bond acceptors (Lipinski definition) is 6. The Hall–Kier alpha value is -3.52. The van der Waals surface area contributed by atoms with Crippen LogP contribution in [0.1, 0.15) is 30.4 Å². The van der Waals surface area contributed by atoms with Gasteiger partial charge in [0.25, 0.3) is 0 Å². The zero-order valence-electron chi connectivity index (χ0n) is 19.8. The summed E-state index contributed by atoms with van der Waals surface area (Å²) in [6, 6.07) is 14.2. The van der Waals surface area contributed by atoms with Crippen LogP contribution in [0.3, 0.4) is 0 Å². The third-order valence-electron chi connectivity index (χ3n) is 6.44. The van der Waals surface area contributed by atoms with Crippen molar-refractivity contribution in [2.45, 2.75) is 32.2 Å². The maximum Gasteiger partial charge on any atom is 0.214 e. The molecule has 2 N–H and O–H groups in total. The number of aliphatic hydroxyl groups excluding tert-OH is 1. The van der Waals surface area contributed by atoms with Gasteiger partial charge in [-0.3, -0.25) is 9.78 Å². The highest BCUT2D eigenvalue weighted by atomic mass is 19.1. The molecule has 1 amide bonds. The van der Waals surface area contributed by atoms with Crippen molar-refractivity contribution < 1.29 is 14.3 Å². The van der Waals surface area contributed by atoms with Crippen molar-refractivity contribution in [1.29, 1.82) is 0 Å². The van der Waals surface area contributed by atoms with E-state index in [2.05, 4.69) is 15.2 Å². The van der Waals surface area contributed by atoms with Gasteiger partial charge in [0.2, 0.25) is 6.41 Å². The van der Waals surface area contributed by atoms with Gasteiger partial charge in [-0.2, -0.15) is 0 Å². The molecule has 1 aromatic carbocycles. The molecular formula is C27H32FN5O2. The first kappa shape index (κ1) is 24.6. The van der Waals surface area contributed by atoms with Gasteiger partial charge in [-0.25, -0.2) is 9.37 Å². The van der Waals surface area contributed by atoms with E-state index in [4.69, 9.17) is 4.98 Å². The molecule has 184 valence electrons. The molecule has 1 saturated heterocycles. The average molecular weight is 478 g/mol. The fourth-order valence-electron chi connectivity index (χ4n) is 4.50. The molecule has 0 bridgehead atoms. The maximum absolute atomic E-state index is 13.6. The van der Waals surface area contributed by atoms with Gasteiger partial charge in [0.1, 0.15) is 11.6 Å². The second-order valence-corrected chi connectivity index (χ2v) is 8.88. The summed E-state index contributed by atoms with van der Waals surface area (Å²) in [5.41, 5.74) is 2.49. The number of nitrogens with zero attached hydrogens (tertiary/aromatic N) is 4. The number of nitrogens with one attached hydrogen (secondary N) is 1. The maximum atomic E-state index is 13.6. The predicted molar refractivity (Wildman–Crippen MR) is 136 cm³/mol. The van der Waals surface area contributed by atoms with Gasteiger partial charge < -0.3 is 20.2 Å². The quantitative estimate of drug-likeness (QED) is 0.406. The lowest BCUT2D eigenvalue weighted by Gasteiger charge is -2.33. The first-order chi connectivity index (χ1) is 17.2. The van der Waals surface area contributed by atoms with Crippen molar-refractivity contribution >= 4 is 23.7 Å². The fraction of sp³-hybridized carbons (Fsp3) is 0.370. The number of aromatic nitrogens is 2. The van der Waals surface area contributed by atoms with E-state index in [0.29, 0.717) is 36.9 Å². The number of pyridine rings is 2. The van der Waals surface area contributed by atoms with Crippen LogP contribution >= 0.6 is 0 Å². The molecule has 0 unspecified atom stereocenters.